The number of nitrogens with one attached hydrogen (secondary N) is 2. The molecule has 0 spiro atoms. The fourth-order valence-corrected chi connectivity index (χ4v) is 2.46. The molecule has 0 saturated heterocycles. The molecule has 0 aliphatic carbocycles. The number of amides is 1. The van der Waals surface area contributed by atoms with Crippen LogP contribution in [-0.4, -0.2) is 17.4 Å². The van der Waals surface area contributed by atoms with Crippen molar-refractivity contribution in [2.75, 3.05) is 11.9 Å². The van der Waals surface area contributed by atoms with E-state index < -0.39 is 0 Å². The van der Waals surface area contributed by atoms with Crippen molar-refractivity contribution >= 4 is 28.9 Å². The summed E-state index contributed by atoms with van der Waals surface area (Å²) >= 11 is 5.96. The lowest BCUT2D eigenvalue weighted by atomic mass is 10.2. The second-order valence-corrected chi connectivity index (χ2v) is 5.95. The zero-order chi connectivity index (χ0) is 16.7. The molecule has 1 aromatic carbocycles. The SMILES string of the molecule is CCCCCNC(=O)c1cncc(Nc2ccc(Cl)cc2C)c1. The summed E-state index contributed by atoms with van der Waals surface area (Å²) in [7, 11) is 0. The van der Waals surface area contributed by atoms with Gasteiger partial charge in [0, 0.05) is 23.5 Å². The Hall–Kier alpha value is -2.07. The van der Waals surface area contributed by atoms with Gasteiger partial charge in [0.25, 0.3) is 5.91 Å². The number of aromatic nitrogens is 1. The molecule has 0 aliphatic heterocycles. The molecule has 2 rings (SSSR count). The maximum Gasteiger partial charge on any atom is 0.252 e. The molecule has 0 unspecified atom stereocenters. The van der Waals surface area contributed by atoms with Crippen molar-refractivity contribution in [2.24, 2.45) is 0 Å². The van der Waals surface area contributed by atoms with E-state index in [-0.39, 0.29) is 5.91 Å². The first kappa shape index (κ1) is 17.3. The summed E-state index contributed by atoms with van der Waals surface area (Å²) in [6, 6.07) is 7.43. The number of pyridine rings is 1. The van der Waals surface area contributed by atoms with E-state index in [1.807, 2.05) is 25.1 Å². The molecule has 0 atom stereocenters. The maximum atomic E-state index is 12.1. The van der Waals surface area contributed by atoms with Gasteiger partial charge < -0.3 is 10.6 Å². The predicted octanol–water partition coefficient (Wildman–Crippen LogP) is 4.71. The molecular weight excluding hydrogens is 310 g/mol. The van der Waals surface area contributed by atoms with E-state index in [4.69, 9.17) is 11.6 Å². The van der Waals surface area contributed by atoms with Crippen LogP contribution in [0.4, 0.5) is 11.4 Å². The second kappa shape index (κ2) is 8.53. The molecule has 4 nitrogen and oxygen atoms in total. The summed E-state index contributed by atoms with van der Waals surface area (Å²) in [6.07, 6.45) is 6.53. The number of hydrogen-bond acceptors (Lipinski definition) is 3. The Morgan fingerprint density at radius 2 is 2.04 bits per heavy atom. The van der Waals surface area contributed by atoms with E-state index in [1.54, 1.807) is 18.5 Å². The molecule has 2 N–H and O–H groups in total. The number of unbranched alkanes of at least 4 members (excludes halogenated alkanes) is 2. The van der Waals surface area contributed by atoms with Gasteiger partial charge in [-0.15, -0.1) is 0 Å². The third-order valence-corrected chi connectivity index (χ3v) is 3.77. The summed E-state index contributed by atoms with van der Waals surface area (Å²) in [5.74, 6) is -0.0925. The highest BCUT2D eigenvalue weighted by Gasteiger charge is 2.07. The van der Waals surface area contributed by atoms with Crippen molar-refractivity contribution in [2.45, 2.75) is 33.1 Å². The molecule has 1 aromatic heterocycles. The zero-order valence-electron chi connectivity index (χ0n) is 13.5. The summed E-state index contributed by atoms with van der Waals surface area (Å²) in [5, 5.41) is 6.89. The van der Waals surface area contributed by atoms with Gasteiger partial charge >= 0.3 is 0 Å². The van der Waals surface area contributed by atoms with Gasteiger partial charge in [-0.1, -0.05) is 31.4 Å². The van der Waals surface area contributed by atoms with Crippen LogP contribution in [0.3, 0.4) is 0 Å². The lowest BCUT2D eigenvalue weighted by Crippen LogP contribution is -2.24. The van der Waals surface area contributed by atoms with E-state index in [2.05, 4.69) is 22.5 Å². The minimum absolute atomic E-state index is 0.0925. The van der Waals surface area contributed by atoms with Crippen molar-refractivity contribution in [3.8, 4) is 0 Å². The number of halogens is 1. The van der Waals surface area contributed by atoms with E-state index in [9.17, 15) is 4.79 Å². The van der Waals surface area contributed by atoms with Crippen LogP contribution >= 0.6 is 11.6 Å². The van der Waals surface area contributed by atoms with E-state index >= 15 is 0 Å². The second-order valence-electron chi connectivity index (χ2n) is 5.51. The van der Waals surface area contributed by atoms with Crippen molar-refractivity contribution in [1.82, 2.24) is 10.3 Å². The van der Waals surface area contributed by atoms with Gasteiger partial charge in [0.05, 0.1) is 17.4 Å². The van der Waals surface area contributed by atoms with Crippen molar-refractivity contribution in [3.63, 3.8) is 0 Å². The minimum atomic E-state index is -0.0925. The first-order valence-corrected chi connectivity index (χ1v) is 8.24. The number of anilines is 2. The normalized spacial score (nSPS) is 10.4. The van der Waals surface area contributed by atoms with Crippen LogP contribution in [0.5, 0.6) is 0 Å². The number of carbonyl (C=O) groups excluding carboxylic acids is 1. The average Bonchev–Trinajstić information content (AvgIpc) is 2.54. The Balaban J connectivity index is 2.03. The van der Waals surface area contributed by atoms with E-state index in [1.165, 1.54) is 0 Å². The predicted molar refractivity (Wildman–Crippen MR) is 95.6 cm³/mol. The van der Waals surface area contributed by atoms with E-state index in [0.717, 1.165) is 36.2 Å². The van der Waals surface area contributed by atoms with Crippen LogP contribution in [0.1, 0.15) is 42.1 Å². The Morgan fingerprint density at radius 1 is 1.22 bits per heavy atom. The molecule has 1 amide bonds. The first-order valence-electron chi connectivity index (χ1n) is 7.86. The average molecular weight is 332 g/mol. The van der Waals surface area contributed by atoms with Gasteiger partial charge in [-0.2, -0.15) is 0 Å². The zero-order valence-corrected chi connectivity index (χ0v) is 14.3. The van der Waals surface area contributed by atoms with Gasteiger partial charge in [0.2, 0.25) is 0 Å². The maximum absolute atomic E-state index is 12.1. The lowest BCUT2D eigenvalue weighted by molar-refractivity contribution is 0.0952. The van der Waals surface area contributed by atoms with Gasteiger partial charge in [0.15, 0.2) is 0 Å². The third kappa shape index (κ3) is 5.25. The van der Waals surface area contributed by atoms with Crippen LogP contribution < -0.4 is 10.6 Å². The molecule has 1 heterocycles. The fourth-order valence-electron chi connectivity index (χ4n) is 2.23. The quantitative estimate of drug-likeness (QED) is 0.722. The summed E-state index contributed by atoms with van der Waals surface area (Å²) < 4.78 is 0. The summed E-state index contributed by atoms with van der Waals surface area (Å²) in [6.45, 7) is 4.81. The highest BCUT2D eigenvalue weighted by atomic mass is 35.5. The summed E-state index contributed by atoms with van der Waals surface area (Å²) in [4.78, 5) is 16.3. The molecule has 5 heteroatoms. The number of benzene rings is 1. The molecule has 0 saturated carbocycles. The van der Waals surface area contributed by atoms with Crippen LogP contribution in [0.15, 0.2) is 36.7 Å². The van der Waals surface area contributed by atoms with Gasteiger partial charge in [-0.05, 0) is 43.2 Å². The largest absolute Gasteiger partial charge is 0.354 e. The molecular formula is C18H22ClN3O. The Morgan fingerprint density at radius 3 is 2.78 bits per heavy atom. The van der Waals surface area contributed by atoms with Crippen molar-refractivity contribution < 1.29 is 4.79 Å². The van der Waals surface area contributed by atoms with Crippen molar-refractivity contribution in [1.29, 1.82) is 0 Å². The standard InChI is InChI=1S/C18H22ClN3O/c1-3-4-5-8-21-18(23)14-10-16(12-20-11-14)22-17-7-6-15(19)9-13(17)2/h6-7,9-12,22H,3-5,8H2,1-2H3,(H,21,23). The Bertz CT molecular complexity index is 673. The smallest absolute Gasteiger partial charge is 0.252 e. The van der Waals surface area contributed by atoms with Gasteiger partial charge in [-0.25, -0.2) is 0 Å². The highest BCUT2D eigenvalue weighted by molar-refractivity contribution is 6.30. The highest BCUT2D eigenvalue weighted by Crippen LogP contribution is 2.23. The van der Waals surface area contributed by atoms with Crippen LogP contribution in [0, 0.1) is 6.92 Å². The molecule has 2 aromatic rings. The van der Waals surface area contributed by atoms with E-state index in [0.29, 0.717) is 17.1 Å². The van der Waals surface area contributed by atoms with Crippen LogP contribution in [0.2, 0.25) is 5.02 Å². The molecule has 0 fully saturated rings. The molecule has 122 valence electrons. The number of hydrogen-bond donors (Lipinski definition) is 2. The Labute approximate surface area is 142 Å². The van der Waals surface area contributed by atoms with Gasteiger partial charge in [-0.3, -0.25) is 9.78 Å². The molecule has 0 aliphatic rings. The fraction of sp³-hybridized carbons (Fsp3) is 0.333. The lowest BCUT2D eigenvalue weighted by Gasteiger charge is -2.11. The molecule has 23 heavy (non-hydrogen) atoms. The monoisotopic (exact) mass is 331 g/mol. The minimum Gasteiger partial charge on any atom is -0.354 e. The number of nitrogens with zero attached hydrogens (tertiary/aromatic N) is 1. The van der Waals surface area contributed by atoms with Crippen LogP contribution in [-0.2, 0) is 0 Å². The third-order valence-electron chi connectivity index (χ3n) is 3.53. The molecule has 0 bridgehead atoms. The summed E-state index contributed by atoms with van der Waals surface area (Å²) in [5.41, 5.74) is 3.30. The topological polar surface area (TPSA) is 54.0 Å². The van der Waals surface area contributed by atoms with Crippen molar-refractivity contribution in [3.05, 3.63) is 52.8 Å². The number of aryl methyl sites for hydroxylation is 1. The van der Waals surface area contributed by atoms with Gasteiger partial charge in [0.1, 0.15) is 0 Å². The number of carbonyl (C=O) groups is 1. The van der Waals surface area contributed by atoms with Crippen LogP contribution in [0.25, 0.3) is 0 Å². The first-order chi connectivity index (χ1) is 11.1. The molecule has 0 radical (unpaired) electrons. The Kier molecular flexibility index (Phi) is 6.41. The number of rotatable bonds is 7.